The van der Waals surface area contributed by atoms with Crippen molar-refractivity contribution in [3.05, 3.63) is 111 Å². The molecule has 7 unspecified atom stereocenters. The van der Waals surface area contributed by atoms with Crippen LogP contribution in [0.25, 0.3) is 28.2 Å². The molecule has 1 spiro atoms. The minimum atomic E-state index is -0.901. The van der Waals surface area contributed by atoms with Crippen molar-refractivity contribution in [2.45, 2.75) is 111 Å². The first-order chi connectivity index (χ1) is 29.6. The van der Waals surface area contributed by atoms with E-state index in [9.17, 15) is 29.7 Å². The number of ketones is 2. The normalized spacial score (nSPS) is 31.4. The van der Waals surface area contributed by atoms with E-state index in [2.05, 4.69) is 19.9 Å². The number of phenolic OH excluding ortho intramolecular Hbond substituents is 1. The summed E-state index contributed by atoms with van der Waals surface area (Å²) in [4.78, 5) is 39.7. The number of rotatable bonds is 5. The molecule has 10 rings (SSSR count). The van der Waals surface area contributed by atoms with Gasteiger partial charge in [0.2, 0.25) is 5.78 Å². The molecule has 3 fully saturated rings. The molecule has 2 aliphatic heterocycles. The maximum atomic E-state index is 14.0. The number of phenols is 1. The molecular formula is C52H56O11. The van der Waals surface area contributed by atoms with Gasteiger partial charge in [-0.3, -0.25) is 9.59 Å². The summed E-state index contributed by atoms with van der Waals surface area (Å²) in [5, 5.41) is 32.5. The predicted molar refractivity (Wildman–Crippen MR) is 238 cm³/mol. The average Bonchev–Trinajstić information content (AvgIpc) is 3.57. The van der Waals surface area contributed by atoms with Crippen LogP contribution in [0.1, 0.15) is 104 Å². The lowest BCUT2D eigenvalue weighted by Gasteiger charge is -2.62. The second-order valence-electron chi connectivity index (χ2n) is 20.2. The van der Waals surface area contributed by atoms with Crippen molar-refractivity contribution in [1.29, 1.82) is 0 Å². The van der Waals surface area contributed by atoms with Gasteiger partial charge >= 0.3 is 5.63 Å². The van der Waals surface area contributed by atoms with Crippen LogP contribution >= 0.6 is 0 Å². The molecule has 6 aliphatic rings. The number of aromatic hydroxyl groups is 2. The molecular weight excluding hydrogens is 801 g/mol. The molecule has 4 aromatic rings. The third-order valence-electron chi connectivity index (χ3n) is 15.6. The van der Waals surface area contributed by atoms with Crippen LogP contribution in [0.2, 0.25) is 0 Å². The lowest BCUT2D eigenvalue weighted by atomic mass is 9.39. The fourth-order valence-corrected chi connectivity index (χ4v) is 12.7. The third-order valence-corrected chi connectivity index (χ3v) is 15.6. The van der Waals surface area contributed by atoms with E-state index in [0.29, 0.717) is 40.0 Å². The molecule has 1 saturated heterocycles. The number of fused-ring (bicyclic) bond motifs is 6. The quantitative estimate of drug-likeness (QED) is 0.0992. The summed E-state index contributed by atoms with van der Waals surface area (Å²) in [5.41, 5.74) is 0.453. The molecule has 0 radical (unpaired) electrons. The van der Waals surface area contributed by atoms with Gasteiger partial charge in [-0.15, -0.1) is 0 Å². The summed E-state index contributed by atoms with van der Waals surface area (Å²) < 4.78 is 29.7. The summed E-state index contributed by atoms with van der Waals surface area (Å²) in [6.07, 6.45) is 16.1. The van der Waals surface area contributed by atoms with E-state index in [1.54, 1.807) is 24.5 Å². The first-order valence-electron chi connectivity index (χ1n) is 21.7. The van der Waals surface area contributed by atoms with Gasteiger partial charge in [0, 0.05) is 16.4 Å². The number of ether oxygens (including phenoxy) is 3. The highest BCUT2D eigenvalue weighted by Crippen LogP contribution is 2.81. The Kier molecular flexibility index (Phi) is 9.34. The van der Waals surface area contributed by atoms with Gasteiger partial charge in [0.1, 0.15) is 45.1 Å². The topological polar surface area (TPSA) is 169 Å². The van der Waals surface area contributed by atoms with Crippen molar-refractivity contribution in [1.82, 2.24) is 0 Å². The molecule has 3 N–H and O–H groups in total. The fourth-order valence-electron chi connectivity index (χ4n) is 12.7. The van der Waals surface area contributed by atoms with Crippen LogP contribution in [-0.2, 0) is 20.7 Å². The Morgan fingerprint density at radius 3 is 2.30 bits per heavy atom. The second-order valence-corrected chi connectivity index (χ2v) is 20.2. The van der Waals surface area contributed by atoms with Crippen LogP contribution < -0.4 is 15.1 Å². The summed E-state index contributed by atoms with van der Waals surface area (Å²) in [5.74, 6) is 0.466. The molecule has 2 aromatic carbocycles. The molecule has 2 aromatic heterocycles. The fraction of sp³-hybridized carbons (Fsp3) is 0.442. The molecule has 7 atom stereocenters. The van der Waals surface area contributed by atoms with E-state index in [-0.39, 0.29) is 63.3 Å². The third kappa shape index (κ3) is 5.70. The number of Topliss-reactive ketones (excluding diaryl/α,β-unsaturated/α-hetero) is 1. The summed E-state index contributed by atoms with van der Waals surface area (Å²) in [6, 6.07) is 8.02. The molecule has 11 nitrogen and oxygen atoms in total. The van der Waals surface area contributed by atoms with Gasteiger partial charge in [0.25, 0.3) is 0 Å². The zero-order valence-corrected chi connectivity index (χ0v) is 37.6. The van der Waals surface area contributed by atoms with E-state index in [1.807, 2.05) is 79.0 Å². The van der Waals surface area contributed by atoms with Crippen LogP contribution in [-0.4, -0.2) is 51.3 Å². The highest BCUT2D eigenvalue weighted by molar-refractivity contribution is 6.06. The number of aliphatic hydroxyl groups is 1. The first-order valence-corrected chi connectivity index (χ1v) is 21.7. The monoisotopic (exact) mass is 856 g/mol. The van der Waals surface area contributed by atoms with Crippen LogP contribution in [0.3, 0.4) is 0 Å². The standard InChI is InChI=1S/C26H26O6.C26H30O5/c1-14(2)6-11-17-22-18(12-13-26(3,4)32-22)24-20(23(17)30-5)21(28)19(25(29)31-24)15-7-9-16(27)10-8-15;1-22(2)17(27)7-9-23(3)16-6-10-24(4)15(14-8-11-30-13-14)12-18-26(24,31-18)25(16,5)21(29)19(28)20(22)23/h6-10,12-13,27-28H,11H2,1-5H3;7-9,11,13,15-16,18,28H,6,10,12H2,1-5H3. The van der Waals surface area contributed by atoms with Crippen molar-refractivity contribution >= 4 is 28.6 Å². The zero-order valence-electron chi connectivity index (χ0n) is 37.6. The Hall–Kier alpha value is -5.81. The van der Waals surface area contributed by atoms with E-state index >= 15 is 0 Å². The zero-order chi connectivity index (χ0) is 45.4. The van der Waals surface area contributed by atoms with Crippen molar-refractivity contribution < 1.29 is 48.0 Å². The van der Waals surface area contributed by atoms with Gasteiger partial charge < -0.3 is 38.4 Å². The number of carbonyl (C=O) groups is 2. The number of aliphatic hydroxyl groups excluding tert-OH is 1. The minimum Gasteiger partial charge on any atom is -0.508 e. The minimum absolute atomic E-state index is 0.00458. The van der Waals surface area contributed by atoms with Crippen molar-refractivity contribution in [3.8, 4) is 34.1 Å². The van der Waals surface area contributed by atoms with Crippen molar-refractivity contribution in [2.24, 2.45) is 27.6 Å². The predicted octanol–water partition coefficient (Wildman–Crippen LogP) is 10.5. The Morgan fingerprint density at radius 2 is 1.65 bits per heavy atom. The van der Waals surface area contributed by atoms with E-state index < -0.39 is 33.1 Å². The van der Waals surface area contributed by atoms with Crippen LogP contribution in [0.4, 0.5) is 0 Å². The van der Waals surface area contributed by atoms with Gasteiger partial charge in [-0.05, 0) is 139 Å². The van der Waals surface area contributed by atoms with Gasteiger partial charge in [-0.2, -0.15) is 0 Å². The van der Waals surface area contributed by atoms with Crippen molar-refractivity contribution in [2.75, 3.05) is 7.11 Å². The van der Waals surface area contributed by atoms with Crippen molar-refractivity contribution in [3.63, 3.8) is 0 Å². The number of hydrogen-bond acceptors (Lipinski definition) is 11. The highest BCUT2D eigenvalue weighted by atomic mass is 16.6. The SMILES string of the molecule is CC1(C)C(=O)C=CC2(C)C1=C(O)C(=O)C1(C)C2CCC2(C)C(c3ccoc3)CC3OC321.COc1c(CC=C(C)C)c2c(c3oc(=O)c(-c4ccc(O)cc4)c(O)c13)C=CC(C)(C)O2. The summed E-state index contributed by atoms with van der Waals surface area (Å²) in [6.45, 7) is 17.9. The van der Waals surface area contributed by atoms with Crippen LogP contribution in [0.5, 0.6) is 23.0 Å². The number of hydrogen-bond donors (Lipinski definition) is 3. The summed E-state index contributed by atoms with van der Waals surface area (Å²) in [7, 11) is 1.52. The first kappa shape index (κ1) is 42.5. The van der Waals surface area contributed by atoms with E-state index in [4.69, 9.17) is 23.0 Å². The molecule has 0 bridgehead atoms. The molecule has 330 valence electrons. The smallest absolute Gasteiger partial charge is 0.348 e. The maximum absolute atomic E-state index is 14.0. The largest absolute Gasteiger partial charge is 0.508 e. The summed E-state index contributed by atoms with van der Waals surface area (Å²) >= 11 is 0. The Morgan fingerprint density at radius 1 is 0.937 bits per heavy atom. The Bertz CT molecular complexity index is 2790. The van der Waals surface area contributed by atoms with Gasteiger partial charge in [-0.25, -0.2) is 4.79 Å². The number of methoxy groups -OCH3 is 1. The molecule has 11 heteroatoms. The Balaban J connectivity index is 0.000000160. The van der Waals surface area contributed by atoms with Crippen LogP contribution in [0.15, 0.2) is 97.7 Å². The lowest BCUT2D eigenvalue weighted by Crippen LogP contribution is -2.66. The highest BCUT2D eigenvalue weighted by Gasteiger charge is 2.87. The maximum Gasteiger partial charge on any atom is 0.348 e. The number of allylic oxidation sites excluding steroid dienone is 6. The molecule has 4 heterocycles. The molecule has 0 amide bonds. The van der Waals surface area contributed by atoms with E-state index in [0.717, 1.165) is 30.4 Å². The van der Waals surface area contributed by atoms with E-state index in [1.165, 1.54) is 24.8 Å². The molecule has 2 saturated carbocycles. The van der Waals surface area contributed by atoms with Gasteiger partial charge in [0.15, 0.2) is 17.1 Å². The average molecular weight is 857 g/mol. The number of benzene rings is 2. The number of furan rings is 1. The van der Waals surface area contributed by atoms with Crippen LogP contribution in [0, 0.1) is 27.6 Å². The van der Waals surface area contributed by atoms with Gasteiger partial charge in [0.05, 0.1) is 42.1 Å². The second kappa shape index (κ2) is 13.8. The van der Waals surface area contributed by atoms with Gasteiger partial charge in [-0.1, -0.05) is 43.7 Å². The Labute approximate surface area is 366 Å². The number of epoxide rings is 1. The lowest BCUT2D eigenvalue weighted by molar-refractivity contribution is -0.162. The molecule has 63 heavy (non-hydrogen) atoms. The number of carbonyl (C=O) groups excluding carboxylic acids is 2. The molecule has 4 aliphatic carbocycles.